The van der Waals surface area contributed by atoms with Crippen LogP contribution in [0.2, 0.25) is 0 Å². The van der Waals surface area contributed by atoms with Crippen molar-refractivity contribution >= 4 is 11.5 Å². The zero-order chi connectivity index (χ0) is 14.6. The van der Waals surface area contributed by atoms with Crippen LogP contribution in [-0.2, 0) is 4.74 Å². The molecular formula is C11H10F3NO4. The number of rotatable bonds is 5. The molecule has 0 amide bonds. The summed E-state index contributed by atoms with van der Waals surface area (Å²) in [4.78, 5) is 21.3. The van der Waals surface area contributed by atoms with E-state index in [0.29, 0.717) is 0 Å². The van der Waals surface area contributed by atoms with Crippen LogP contribution in [0.4, 0.5) is 18.9 Å². The molecular weight excluding hydrogens is 267 g/mol. The fourth-order valence-corrected chi connectivity index (χ4v) is 1.17. The third-order valence-electron chi connectivity index (χ3n) is 2.30. The van der Waals surface area contributed by atoms with Crippen molar-refractivity contribution in [1.29, 1.82) is 0 Å². The highest BCUT2D eigenvalue weighted by Gasteiger charge is 2.37. The number of hydrogen-bond acceptors (Lipinski definition) is 4. The van der Waals surface area contributed by atoms with Gasteiger partial charge in [0.1, 0.15) is 6.61 Å². The lowest BCUT2D eigenvalue weighted by atomic mass is 10.1. The van der Waals surface area contributed by atoms with Gasteiger partial charge in [0.25, 0.3) is 5.69 Å². The molecule has 19 heavy (non-hydrogen) atoms. The van der Waals surface area contributed by atoms with Crippen LogP contribution in [0.1, 0.15) is 17.3 Å². The number of ether oxygens (including phenoxy) is 1. The molecule has 1 aromatic rings. The predicted octanol–water partition coefficient (Wildman–Crippen LogP) is 2.74. The van der Waals surface area contributed by atoms with Gasteiger partial charge >= 0.3 is 6.18 Å². The number of Topliss-reactive ketones (excluding diaryl/α,β-unsaturated/α-hetero) is 1. The lowest BCUT2D eigenvalue weighted by Crippen LogP contribution is -2.30. The molecule has 0 radical (unpaired) electrons. The average molecular weight is 277 g/mol. The van der Waals surface area contributed by atoms with Crippen molar-refractivity contribution in [1.82, 2.24) is 0 Å². The number of nitro benzene ring substituents is 1. The van der Waals surface area contributed by atoms with E-state index in [9.17, 15) is 28.1 Å². The number of halogens is 3. The Hall–Kier alpha value is -1.96. The van der Waals surface area contributed by atoms with Crippen molar-refractivity contribution in [2.45, 2.75) is 19.2 Å². The van der Waals surface area contributed by atoms with Crippen molar-refractivity contribution in [2.75, 3.05) is 6.61 Å². The maximum Gasteiger partial charge on any atom is 0.414 e. The van der Waals surface area contributed by atoms with Gasteiger partial charge in [0.2, 0.25) is 0 Å². The minimum absolute atomic E-state index is 0.0661. The van der Waals surface area contributed by atoms with Crippen LogP contribution in [-0.4, -0.2) is 29.6 Å². The van der Waals surface area contributed by atoms with E-state index >= 15 is 0 Å². The SMILES string of the molecule is CC(OCC(=O)c1cccc([N+](=O)[O-])c1)C(F)(F)F. The van der Waals surface area contributed by atoms with E-state index in [4.69, 9.17) is 0 Å². The fraction of sp³-hybridized carbons (Fsp3) is 0.364. The summed E-state index contributed by atoms with van der Waals surface area (Å²) in [5.74, 6) is -0.750. The third-order valence-corrected chi connectivity index (χ3v) is 2.30. The van der Waals surface area contributed by atoms with E-state index in [1.165, 1.54) is 18.2 Å². The van der Waals surface area contributed by atoms with E-state index in [1.54, 1.807) is 0 Å². The number of ketones is 1. The third kappa shape index (κ3) is 4.32. The van der Waals surface area contributed by atoms with Crippen LogP contribution in [0, 0.1) is 10.1 Å². The Kier molecular flexibility index (Phi) is 4.60. The second-order valence-electron chi connectivity index (χ2n) is 3.73. The van der Waals surface area contributed by atoms with Gasteiger partial charge < -0.3 is 4.74 Å². The predicted molar refractivity (Wildman–Crippen MR) is 58.9 cm³/mol. The number of carbonyl (C=O) groups is 1. The van der Waals surface area contributed by atoms with Gasteiger partial charge in [-0.1, -0.05) is 12.1 Å². The molecule has 1 unspecified atom stereocenters. The van der Waals surface area contributed by atoms with E-state index in [2.05, 4.69) is 4.74 Å². The van der Waals surface area contributed by atoms with Gasteiger partial charge in [-0.3, -0.25) is 14.9 Å². The molecule has 0 saturated carbocycles. The van der Waals surface area contributed by atoms with Crippen LogP contribution >= 0.6 is 0 Å². The molecule has 0 aliphatic carbocycles. The normalized spacial score (nSPS) is 13.1. The van der Waals surface area contributed by atoms with Crippen molar-refractivity contribution in [3.63, 3.8) is 0 Å². The molecule has 0 saturated heterocycles. The summed E-state index contributed by atoms with van der Waals surface area (Å²) < 4.78 is 40.8. The minimum atomic E-state index is -4.55. The standard InChI is InChI=1S/C11H10F3NO4/c1-7(11(12,13)14)19-6-10(16)8-3-2-4-9(5-8)15(17)18/h2-5,7H,6H2,1H3. The zero-order valence-electron chi connectivity index (χ0n) is 9.81. The second-order valence-corrected chi connectivity index (χ2v) is 3.73. The Balaban J connectivity index is 2.69. The Morgan fingerprint density at radius 3 is 2.63 bits per heavy atom. The fourth-order valence-electron chi connectivity index (χ4n) is 1.17. The monoisotopic (exact) mass is 277 g/mol. The van der Waals surface area contributed by atoms with Gasteiger partial charge in [0, 0.05) is 17.7 Å². The quantitative estimate of drug-likeness (QED) is 0.471. The summed E-state index contributed by atoms with van der Waals surface area (Å²) in [6.45, 7) is -0.0113. The number of carbonyl (C=O) groups excluding carboxylic acids is 1. The van der Waals surface area contributed by atoms with Crippen molar-refractivity contribution in [3.8, 4) is 0 Å². The molecule has 0 heterocycles. The first-order valence-electron chi connectivity index (χ1n) is 5.18. The first kappa shape index (κ1) is 15.1. The summed E-state index contributed by atoms with van der Waals surface area (Å²) >= 11 is 0. The summed E-state index contributed by atoms with van der Waals surface area (Å²) in [5, 5.41) is 10.5. The Morgan fingerprint density at radius 1 is 1.47 bits per heavy atom. The van der Waals surface area contributed by atoms with Crippen LogP contribution in [0.5, 0.6) is 0 Å². The van der Waals surface area contributed by atoms with Crippen LogP contribution in [0.25, 0.3) is 0 Å². The second kappa shape index (κ2) is 5.79. The van der Waals surface area contributed by atoms with Crippen molar-refractivity contribution in [2.24, 2.45) is 0 Å². The first-order valence-corrected chi connectivity index (χ1v) is 5.18. The molecule has 1 atom stereocenters. The Morgan fingerprint density at radius 2 is 2.11 bits per heavy atom. The number of nitro groups is 1. The van der Waals surface area contributed by atoms with E-state index < -0.39 is 29.6 Å². The van der Waals surface area contributed by atoms with Crippen molar-refractivity contribution in [3.05, 3.63) is 39.9 Å². The van der Waals surface area contributed by atoms with Gasteiger partial charge in [-0.2, -0.15) is 13.2 Å². The lowest BCUT2D eigenvalue weighted by Gasteiger charge is -2.15. The molecule has 0 aliphatic heterocycles. The minimum Gasteiger partial charge on any atom is -0.361 e. The van der Waals surface area contributed by atoms with Crippen molar-refractivity contribution < 1.29 is 27.6 Å². The molecule has 8 heteroatoms. The number of nitrogens with zero attached hydrogens (tertiary/aromatic N) is 1. The lowest BCUT2D eigenvalue weighted by molar-refractivity contribution is -0.384. The molecule has 0 fully saturated rings. The Bertz CT molecular complexity index is 487. The van der Waals surface area contributed by atoms with Crippen LogP contribution in [0.15, 0.2) is 24.3 Å². The maximum absolute atomic E-state index is 12.1. The molecule has 1 rings (SSSR count). The summed E-state index contributed by atoms with van der Waals surface area (Å²) in [6, 6.07) is 4.72. The van der Waals surface area contributed by atoms with E-state index in [-0.39, 0.29) is 11.3 Å². The molecule has 0 N–H and O–H groups in total. The van der Waals surface area contributed by atoms with Gasteiger partial charge in [-0.25, -0.2) is 0 Å². The number of non-ortho nitro benzene ring substituents is 1. The number of hydrogen-bond donors (Lipinski definition) is 0. The smallest absolute Gasteiger partial charge is 0.361 e. The van der Waals surface area contributed by atoms with Gasteiger partial charge in [-0.15, -0.1) is 0 Å². The van der Waals surface area contributed by atoms with Gasteiger partial charge in [0.15, 0.2) is 11.9 Å². The average Bonchev–Trinajstić information content (AvgIpc) is 2.34. The summed E-state index contributed by atoms with van der Waals surface area (Å²) in [5.41, 5.74) is -0.377. The first-order chi connectivity index (χ1) is 8.71. The van der Waals surface area contributed by atoms with E-state index in [0.717, 1.165) is 13.0 Å². The molecule has 0 aromatic heterocycles. The molecule has 1 aromatic carbocycles. The maximum atomic E-state index is 12.1. The summed E-state index contributed by atoms with van der Waals surface area (Å²) in [6.07, 6.45) is -6.63. The highest BCUT2D eigenvalue weighted by molar-refractivity contribution is 5.97. The van der Waals surface area contributed by atoms with Gasteiger partial charge in [-0.05, 0) is 6.92 Å². The highest BCUT2D eigenvalue weighted by Crippen LogP contribution is 2.22. The Labute approximate surface area is 106 Å². The largest absolute Gasteiger partial charge is 0.414 e. The molecule has 0 aliphatic rings. The topological polar surface area (TPSA) is 69.4 Å². The number of benzene rings is 1. The van der Waals surface area contributed by atoms with Crippen LogP contribution in [0.3, 0.4) is 0 Å². The summed E-state index contributed by atoms with van der Waals surface area (Å²) in [7, 11) is 0. The van der Waals surface area contributed by atoms with Gasteiger partial charge in [0.05, 0.1) is 4.92 Å². The number of alkyl halides is 3. The molecule has 0 bridgehead atoms. The van der Waals surface area contributed by atoms with Crippen LogP contribution < -0.4 is 0 Å². The molecule has 104 valence electrons. The molecule has 0 spiro atoms. The van der Waals surface area contributed by atoms with E-state index in [1.807, 2.05) is 0 Å². The molecule has 5 nitrogen and oxygen atoms in total. The highest BCUT2D eigenvalue weighted by atomic mass is 19.4. The zero-order valence-corrected chi connectivity index (χ0v) is 9.81.